The molecule has 1 aliphatic rings. The normalized spacial score (nSPS) is 14.8. The second-order valence-corrected chi connectivity index (χ2v) is 9.83. The number of halogens is 1. The topological polar surface area (TPSA) is 75.5 Å². The summed E-state index contributed by atoms with van der Waals surface area (Å²) in [5, 5.41) is 11.2. The highest BCUT2D eigenvalue weighted by atomic mass is 79.9. The zero-order valence-corrected chi connectivity index (χ0v) is 23.1. The first-order valence-electron chi connectivity index (χ1n) is 12.4. The Balaban J connectivity index is 1.33. The third-order valence-electron chi connectivity index (χ3n) is 6.48. The van der Waals surface area contributed by atoms with Gasteiger partial charge in [0.1, 0.15) is 11.5 Å². The molecule has 4 aromatic rings. The molecule has 0 saturated carbocycles. The number of carbonyl (C=O) groups excluding carboxylic acids is 1. The lowest BCUT2D eigenvalue weighted by atomic mass is 9.98. The Hall–Kier alpha value is -4.43. The van der Waals surface area contributed by atoms with Crippen LogP contribution in [-0.4, -0.2) is 32.1 Å². The zero-order chi connectivity index (χ0) is 27.2. The van der Waals surface area contributed by atoms with Crippen molar-refractivity contribution in [1.29, 1.82) is 0 Å². The van der Waals surface area contributed by atoms with Gasteiger partial charge in [0.15, 0.2) is 0 Å². The lowest BCUT2D eigenvalue weighted by Crippen LogP contribution is -2.18. The number of hydrazone groups is 2. The molecule has 4 aromatic carbocycles. The molecule has 0 aliphatic carbocycles. The van der Waals surface area contributed by atoms with Gasteiger partial charge in [0.2, 0.25) is 0 Å². The Morgan fingerprint density at radius 3 is 2.13 bits per heavy atom. The molecule has 0 spiro atoms. The number of hydrogen-bond acceptors (Lipinski definition) is 6. The quantitative estimate of drug-likeness (QED) is 0.188. The summed E-state index contributed by atoms with van der Waals surface area (Å²) < 4.78 is 11.5. The lowest BCUT2D eigenvalue weighted by molar-refractivity contribution is 0.0955. The predicted octanol–water partition coefficient (Wildman–Crippen LogP) is 6.59. The van der Waals surface area contributed by atoms with Crippen LogP contribution in [0.1, 0.15) is 39.5 Å². The summed E-state index contributed by atoms with van der Waals surface area (Å²) in [5.74, 6) is 1.22. The molecule has 0 fully saturated rings. The summed E-state index contributed by atoms with van der Waals surface area (Å²) in [6.07, 6.45) is 2.39. The van der Waals surface area contributed by atoms with Crippen molar-refractivity contribution >= 4 is 39.5 Å². The largest absolute Gasteiger partial charge is 0.497 e. The van der Waals surface area contributed by atoms with Gasteiger partial charge in [-0.3, -0.25) is 9.80 Å². The SMILES string of the molecule is COc1ccc(C(=O)NN=Cc2ccc(N3N=C(c4ccc(OC)cc4)C[C@@H]3c3ccc(Br)cc3)cc2)cc1. The van der Waals surface area contributed by atoms with Gasteiger partial charge in [-0.2, -0.15) is 10.2 Å². The zero-order valence-electron chi connectivity index (χ0n) is 21.5. The molecule has 0 unspecified atom stereocenters. The van der Waals surface area contributed by atoms with E-state index in [9.17, 15) is 4.79 Å². The molecule has 5 rings (SSSR count). The number of rotatable bonds is 8. The van der Waals surface area contributed by atoms with Crippen LogP contribution in [0.15, 0.2) is 112 Å². The van der Waals surface area contributed by atoms with Gasteiger partial charge in [-0.15, -0.1) is 0 Å². The molecule has 0 saturated heterocycles. The fraction of sp³-hybridized carbons (Fsp3) is 0.129. The van der Waals surface area contributed by atoms with Gasteiger partial charge in [-0.1, -0.05) is 40.2 Å². The van der Waals surface area contributed by atoms with Gasteiger partial charge < -0.3 is 9.47 Å². The first-order valence-corrected chi connectivity index (χ1v) is 13.2. The molecule has 196 valence electrons. The highest BCUT2D eigenvalue weighted by Crippen LogP contribution is 2.37. The van der Waals surface area contributed by atoms with Gasteiger partial charge in [0.05, 0.1) is 37.9 Å². The Bertz CT molecular complexity index is 1480. The minimum absolute atomic E-state index is 0.0542. The molecular weight excluding hydrogens is 556 g/mol. The lowest BCUT2D eigenvalue weighted by Gasteiger charge is -2.24. The second kappa shape index (κ2) is 12.0. The number of nitrogens with zero attached hydrogens (tertiary/aromatic N) is 3. The molecule has 1 aliphatic heterocycles. The number of amides is 1. The summed E-state index contributed by atoms with van der Waals surface area (Å²) in [7, 11) is 3.25. The molecule has 1 amide bonds. The van der Waals surface area contributed by atoms with Gasteiger partial charge in [0.25, 0.3) is 5.91 Å². The number of anilines is 1. The van der Waals surface area contributed by atoms with Crippen molar-refractivity contribution in [2.24, 2.45) is 10.2 Å². The van der Waals surface area contributed by atoms with Gasteiger partial charge >= 0.3 is 0 Å². The van der Waals surface area contributed by atoms with Crippen LogP contribution < -0.4 is 19.9 Å². The van der Waals surface area contributed by atoms with E-state index in [1.807, 2.05) is 48.5 Å². The van der Waals surface area contributed by atoms with Crippen LogP contribution in [0.25, 0.3) is 0 Å². The van der Waals surface area contributed by atoms with Crippen LogP contribution in [0, 0.1) is 0 Å². The number of benzene rings is 4. The van der Waals surface area contributed by atoms with E-state index < -0.39 is 0 Å². The maximum Gasteiger partial charge on any atom is 0.271 e. The molecule has 8 heteroatoms. The molecule has 0 bridgehead atoms. The van der Waals surface area contributed by atoms with Crippen LogP contribution in [0.2, 0.25) is 0 Å². The van der Waals surface area contributed by atoms with Crippen LogP contribution in [0.5, 0.6) is 11.5 Å². The second-order valence-electron chi connectivity index (χ2n) is 8.91. The number of hydrogen-bond donors (Lipinski definition) is 1. The summed E-state index contributed by atoms with van der Waals surface area (Å²) in [6, 6.07) is 31.2. The van der Waals surface area contributed by atoms with Crippen molar-refractivity contribution in [3.63, 3.8) is 0 Å². The minimum atomic E-state index is -0.291. The third-order valence-corrected chi connectivity index (χ3v) is 7.01. The Labute approximate surface area is 235 Å². The molecule has 1 atom stereocenters. The van der Waals surface area contributed by atoms with Gasteiger partial charge in [-0.05, 0) is 89.5 Å². The maximum atomic E-state index is 12.3. The fourth-order valence-corrected chi connectivity index (χ4v) is 4.60. The standard InChI is InChI=1S/C31H27BrN4O3/c1-38-27-15-7-22(8-16-27)29-19-30(23-5-11-25(32)12-6-23)36(35-29)26-13-3-21(4-14-26)20-33-34-31(37)24-9-17-28(39-2)18-10-24/h3-18,20,30H,19H2,1-2H3,(H,34,37)/t30-/m1/s1. The highest BCUT2D eigenvalue weighted by Gasteiger charge is 2.30. The van der Waals surface area contributed by atoms with Crippen molar-refractivity contribution in [2.45, 2.75) is 12.5 Å². The molecule has 7 nitrogen and oxygen atoms in total. The van der Waals surface area contributed by atoms with Crippen molar-refractivity contribution in [3.05, 3.63) is 124 Å². The Kier molecular flexibility index (Phi) is 8.03. The molecule has 0 radical (unpaired) electrons. The minimum Gasteiger partial charge on any atom is -0.497 e. The average molecular weight is 583 g/mol. The van der Waals surface area contributed by atoms with Gasteiger partial charge in [-0.25, -0.2) is 5.43 Å². The number of ether oxygens (including phenoxy) is 2. The van der Waals surface area contributed by atoms with E-state index in [1.165, 1.54) is 5.56 Å². The number of carbonyl (C=O) groups is 1. The van der Waals surface area contributed by atoms with Gasteiger partial charge in [0, 0.05) is 16.5 Å². The molecule has 1 heterocycles. The molecule has 1 N–H and O–H groups in total. The van der Waals surface area contributed by atoms with Crippen molar-refractivity contribution in [2.75, 3.05) is 19.2 Å². The average Bonchev–Trinajstić information content (AvgIpc) is 3.43. The first kappa shape index (κ1) is 26.2. The van der Waals surface area contributed by atoms with Crippen LogP contribution in [0.4, 0.5) is 5.69 Å². The van der Waals surface area contributed by atoms with E-state index in [1.54, 1.807) is 44.7 Å². The summed E-state index contributed by atoms with van der Waals surface area (Å²) >= 11 is 3.53. The summed E-state index contributed by atoms with van der Waals surface area (Å²) in [5.41, 5.74) is 8.14. The molecule has 39 heavy (non-hydrogen) atoms. The summed E-state index contributed by atoms with van der Waals surface area (Å²) in [4.78, 5) is 12.3. The first-order chi connectivity index (χ1) is 19.0. The number of methoxy groups -OCH3 is 2. The Morgan fingerprint density at radius 2 is 1.51 bits per heavy atom. The van der Waals surface area contributed by atoms with E-state index in [4.69, 9.17) is 14.6 Å². The maximum absolute atomic E-state index is 12.3. The monoisotopic (exact) mass is 582 g/mol. The smallest absolute Gasteiger partial charge is 0.271 e. The number of nitrogens with one attached hydrogen (secondary N) is 1. The summed E-state index contributed by atoms with van der Waals surface area (Å²) in [6.45, 7) is 0. The molecule has 0 aromatic heterocycles. The highest BCUT2D eigenvalue weighted by molar-refractivity contribution is 9.10. The van der Waals surface area contributed by atoms with E-state index in [0.717, 1.165) is 39.2 Å². The Morgan fingerprint density at radius 1 is 0.897 bits per heavy atom. The van der Waals surface area contributed by atoms with Crippen molar-refractivity contribution < 1.29 is 14.3 Å². The van der Waals surface area contributed by atoms with Crippen molar-refractivity contribution in [3.8, 4) is 11.5 Å². The van der Waals surface area contributed by atoms with E-state index in [2.05, 4.69) is 55.7 Å². The van der Waals surface area contributed by atoms with Crippen molar-refractivity contribution in [1.82, 2.24) is 5.43 Å². The van der Waals surface area contributed by atoms with Crippen LogP contribution in [-0.2, 0) is 0 Å². The van der Waals surface area contributed by atoms with Crippen LogP contribution >= 0.6 is 15.9 Å². The molecular formula is C31H27BrN4O3. The van der Waals surface area contributed by atoms with Crippen LogP contribution in [0.3, 0.4) is 0 Å². The van der Waals surface area contributed by atoms with E-state index in [-0.39, 0.29) is 11.9 Å². The fourth-order valence-electron chi connectivity index (χ4n) is 4.34. The third kappa shape index (κ3) is 6.18. The predicted molar refractivity (Wildman–Crippen MR) is 158 cm³/mol. The van der Waals surface area contributed by atoms with E-state index in [0.29, 0.717) is 11.3 Å². The van der Waals surface area contributed by atoms with E-state index >= 15 is 0 Å².